The smallest absolute Gasteiger partial charge is 0.169 e. The van der Waals surface area contributed by atoms with Gasteiger partial charge in [-0.3, -0.25) is 0 Å². The molecule has 0 aliphatic carbocycles. The molecule has 0 aliphatic heterocycles. The second-order valence-electron chi connectivity index (χ2n) is 3.91. The molecule has 16 heavy (non-hydrogen) atoms. The molecule has 0 saturated heterocycles. The predicted octanol–water partition coefficient (Wildman–Crippen LogP) is 3.17. The van der Waals surface area contributed by atoms with E-state index in [0.717, 1.165) is 30.1 Å². The molecule has 1 aromatic rings. The summed E-state index contributed by atoms with van der Waals surface area (Å²) >= 11 is 0. The van der Waals surface area contributed by atoms with E-state index >= 15 is 0 Å². The van der Waals surface area contributed by atoms with Crippen molar-refractivity contribution < 1.29 is 4.74 Å². The van der Waals surface area contributed by atoms with Crippen LogP contribution in [0.5, 0.6) is 5.75 Å². The minimum absolute atomic E-state index is 0.362. The van der Waals surface area contributed by atoms with Gasteiger partial charge in [-0.15, -0.1) is 6.58 Å². The number of hydrogen-bond acceptors (Lipinski definition) is 3. The topological polar surface area (TPSA) is 34.2 Å². The maximum Gasteiger partial charge on any atom is 0.169 e. The predicted molar refractivity (Wildman–Crippen MR) is 68.0 cm³/mol. The minimum atomic E-state index is 0.362. The number of hydrogen-bond donors (Lipinski definition) is 1. The van der Waals surface area contributed by atoms with E-state index in [1.54, 1.807) is 7.11 Å². The number of anilines is 1. The quantitative estimate of drug-likeness (QED) is 0.748. The van der Waals surface area contributed by atoms with E-state index in [2.05, 4.69) is 23.8 Å². The maximum absolute atomic E-state index is 5.26. The highest BCUT2D eigenvalue weighted by Crippen LogP contribution is 2.23. The van der Waals surface area contributed by atoms with Crippen molar-refractivity contribution in [3.8, 4) is 5.75 Å². The second kappa shape index (κ2) is 6.16. The van der Waals surface area contributed by atoms with Crippen molar-refractivity contribution in [1.82, 2.24) is 4.98 Å². The molecule has 88 valence electrons. The summed E-state index contributed by atoms with van der Waals surface area (Å²) in [5, 5.41) is 3.35. The Balaban J connectivity index is 2.70. The number of aromatic nitrogens is 1. The molecule has 1 aromatic heterocycles. The summed E-state index contributed by atoms with van der Waals surface area (Å²) in [5.74, 6) is 1.61. The Labute approximate surface area is 97.5 Å². The van der Waals surface area contributed by atoms with E-state index < -0.39 is 0 Å². The first-order valence-corrected chi connectivity index (χ1v) is 5.56. The Bertz CT molecular complexity index is 350. The first-order chi connectivity index (χ1) is 7.67. The van der Waals surface area contributed by atoms with E-state index in [1.165, 1.54) is 0 Å². The number of nitrogens with zero attached hydrogens (tertiary/aromatic N) is 1. The first-order valence-electron chi connectivity index (χ1n) is 5.56. The molecule has 0 radical (unpaired) electrons. The van der Waals surface area contributed by atoms with E-state index in [1.807, 2.05) is 25.1 Å². The molecular formula is C13H20N2O. The van der Waals surface area contributed by atoms with Crippen molar-refractivity contribution in [2.75, 3.05) is 12.4 Å². The molecule has 1 unspecified atom stereocenters. The number of allylic oxidation sites excluding steroid dienone is 1. The van der Waals surface area contributed by atoms with Gasteiger partial charge in [-0.05, 0) is 38.8 Å². The first kappa shape index (κ1) is 12.6. The monoisotopic (exact) mass is 220 g/mol. The zero-order valence-electron chi connectivity index (χ0n) is 10.3. The number of ether oxygens (including phenoxy) is 1. The minimum Gasteiger partial charge on any atom is -0.493 e. The summed E-state index contributed by atoms with van der Waals surface area (Å²) in [6.07, 6.45) is 3.98. The molecule has 3 heteroatoms. The Kier molecular flexibility index (Phi) is 4.83. The van der Waals surface area contributed by atoms with Crippen molar-refractivity contribution in [2.45, 2.75) is 32.7 Å². The van der Waals surface area contributed by atoms with Crippen LogP contribution < -0.4 is 10.1 Å². The Hall–Kier alpha value is -1.51. The second-order valence-corrected chi connectivity index (χ2v) is 3.91. The van der Waals surface area contributed by atoms with Crippen LogP contribution in [-0.2, 0) is 0 Å². The van der Waals surface area contributed by atoms with Crippen LogP contribution in [0.2, 0.25) is 0 Å². The third kappa shape index (κ3) is 3.57. The van der Waals surface area contributed by atoms with Gasteiger partial charge in [0, 0.05) is 11.7 Å². The van der Waals surface area contributed by atoms with Crippen LogP contribution in [-0.4, -0.2) is 18.1 Å². The lowest BCUT2D eigenvalue weighted by molar-refractivity contribution is 0.414. The Morgan fingerprint density at radius 3 is 2.94 bits per heavy atom. The van der Waals surface area contributed by atoms with Gasteiger partial charge < -0.3 is 10.1 Å². The van der Waals surface area contributed by atoms with Gasteiger partial charge in [0.25, 0.3) is 0 Å². The zero-order valence-corrected chi connectivity index (χ0v) is 10.3. The lowest BCUT2D eigenvalue weighted by Crippen LogP contribution is -2.16. The number of aryl methyl sites for hydroxylation is 1. The van der Waals surface area contributed by atoms with Crippen LogP contribution >= 0.6 is 0 Å². The fraction of sp³-hybridized carbons (Fsp3) is 0.462. The summed E-state index contributed by atoms with van der Waals surface area (Å²) in [6, 6.07) is 4.24. The number of methoxy groups -OCH3 is 1. The van der Waals surface area contributed by atoms with E-state index in [9.17, 15) is 0 Å². The number of rotatable bonds is 6. The molecule has 0 aromatic carbocycles. The van der Waals surface area contributed by atoms with E-state index in [4.69, 9.17) is 4.74 Å². The van der Waals surface area contributed by atoms with Crippen molar-refractivity contribution >= 4 is 5.82 Å². The summed E-state index contributed by atoms with van der Waals surface area (Å²) < 4.78 is 5.26. The molecule has 0 aliphatic rings. The lowest BCUT2D eigenvalue weighted by atomic mass is 10.2. The summed E-state index contributed by atoms with van der Waals surface area (Å²) in [7, 11) is 1.66. The van der Waals surface area contributed by atoms with Crippen molar-refractivity contribution in [1.29, 1.82) is 0 Å². The molecule has 1 rings (SSSR count). The third-order valence-corrected chi connectivity index (χ3v) is 2.40. The van der Waals surface area contributed by atoms with Gasteiger partial charge in [-0.2, -0.15) is 0 Å². The van der Waals surface area contributed by atoms with Crippen LogP contribution in [0.1, 0.15) is 25.5 Å². The van der Waals surface area contributed by atoms with Crippen LogP contribution in [0.3, 0.4) is 0 Å². The molecule has 0 amide bonds. The average Bonchev–Trinajstić information content (AvgIpc) is 2.27. The van der Waals surface area contributed by atoms with Crippen LogP contribution in [0, 0.1) is 6.92 Å². The molecule has 3 nitrogen and oxygen atoms in total. The normalized spacial score (nSPS) is 11.9. The average molecular weight is 220 g/mol. The van der Waals surface area contributed by atoms with Crippen LogP contribution in [0.4, 0.5) is 5.82 Å². The van der Waals surface area contributed by atoms with Gasteiger partial charge in [0.2, 0.25) is 0 Å². The van der Waals surface area contributed by atoms with E-state index in [0.29, 0.717) is 6.04 Å². The fourth-order valence-electron chi connectivity index (χ4n) is 1.49. The van der Waals surface area contributed by atoms with Gasteiger partial charge in [0.1, 0.15) is 0 Å². The summed E-state index contributed by atoms with van der Waals surface area (Å²) in [4.78, 5) is 4.43. The Morgan fingerprint density at radius 2 is 2.31 bits per heavy atom. The maximum atomic E-state index is 5.26. The third-order valence-electron chi connectivity index (χ3n) is 2.40. The summed E-state index contributed by atoms with van der Waals surface area (Å²) in [6.45, 7) is 7.82. The van der Waals surface area contributed by atoms with Gasteiger partial charge in [-0.1, -0.05) is 6.08 Å². The highest BCUT2D eigenvalue weighted by atomic mass is 16.5. The van der Waals surface area contributed by atoms with Crippen molar-refractivity contribution in [3.63, 3.8) is 0 Å². The van der Waals surface area contributed by atoms with Crippen LogP contribution in [0.15, 0.2) is 24.8 Å². The Morgan fingerprint density at radius 1 is 1.56 bits per heavy atom. The summed E-state index contributed by atoms with van der Waals surface area (Å²) in [5.41, 5.74) is 0.985. The fourth-order valence-corrected chi connectivity index (χ4v) is 1.49. The van der Waals surface area contributed by atoms with Crippen molar-refractivity contribution in [2.24, 2.45) is 0 Å². The molecular weight excluding hydrogens is 200 g/mol. The largest absolute Gasteiger partial charge is 0.493 e. The molecule has 1 heterocycles. The van der Waals surface area contributed by atoms with Gasteiger partial charge >= 0.3 is 0 Å². The highest BCUT2D eigenvalue weighted by molar-refractivity contribution is 5.51. The number of nitrogens with one attached hydrogen (secondary N) is 1. The number of pyridine rings is 1. The molecule has 0 spiro atoms. The lowest BCUT2D eigenvalue weighted by Gasteiger charge is -2.16. The van der Waals surface area contributed by atoms with Crippen LogP contribution in [0.25, 0.3) is 0 Å². The van der Waals surface area contributed by atoms with Gasteiger partial charge in [0.15, 0.2) is 11.6 Å². The van der Waals surface area contributed by atoms with Gasteiger partial charge in [0.05, 0.1) is 7.11 Å². The van der Waals surface area contributed by atoms with E-state index in [-0.39, 0.29) is 0 Å². The zero-order chi connectivity index (χ0) is 12.0. The van der Waals surface area contributed by atoms with Crippen molar-refractivity contribution in [3.05, 3.63) is 30.5 Å². The molecule has 0 fully saturated rings. The van der Waals surface area contributed by atoms with Gasteiger partial charge in [-0.25, -0.2) is 4.98 Å². The molecule has 1 atom stereocenters. The SMILES string of the molecule is C=CCCC(C)Nc1nc(C)ccc1OC. The molecule has 0 bridgehead atoms. The standard InChI is InChI=1S/C13H20N2O/c1-5-6-7-10(2)14-13-12(16-4)9-8-11(3)15-13/h5,8-10H,1,6-7H2,2-4H3,(H,14,15). The molecule has 0 saturated carbocycles. The molecule has 1 N–H and O–H groups in total. The highest BCUT2D eigenvalue weighted by Gasteiger charge is 2.07.